The number of carboxylic acid groups (broad SMARTS) is 1. The van der Waals surface area contributed by atoms with E-state index in [2.05, 4.69) is 0 Å². The third-order valence-electron chi connectivity index (χ3n) is 4.91. The van der Waals surface area contributed by atoms with Crippen LogP contribution >= 0.6 is 0 Å². The van der Waals surface area contributed by atoms with Gasteiger partial charge in [-0.1, -0.05) is 30.3 Å². The molecule has 26 heavy (non-hydrogen) atoms. The van der Waals surface area contributed by atoms with Gasteiger partial charge in [0.25, 0.3) is 0 Å². The number of carbonyl (C=O) groups is 1. The Balaban J connectivity index is 1.80. The summed E-state index contributed by atoms with van der Waals surface area (Å²) in [6, 6.07) is 12.4. The highest BCUT2D eigenvalue weighted by Crippen LogP contribution is 2.34. The summed E-state index contributed by atoms with van der Waals surface area (Å²) in [4.78, 5) is 23.9. The molecule has 0 amide bonds. The Morgan fingerprint density at radius 3 is 2.58 bits per heavy atom. The van der Waals surface area contributed by atoms with Gasteiger partial charge in [-0.2, -0.15) is 0 Å². The molecular formula is C21H18O5. The fraction of sp³-hybridized carbons (Fsp3) is 0.238. The van der Waals surface area contributed by atoms with Crippen LogP contribution < -0.4 is 10.4 Å². The van der Waals surface area contributed by atoms with Gasteiger partial charge < -0.3 is 14.3 Å². The van der Waals surface area contributed by atoms with E-state index in [1.807, 2.05) is 12.1 Å². The van der Waals surface area contributed by atoms with Crippen LogP contribution in [0.1, 0.15) is 34.8 Å². The minimum Gasteiger partial charge on any atom is -0.478 e. The molecule has 0 aliphatic heterocycles. The number of hydrogen-bond acceptors (Lipinski definition) is 4. The second-order valence-electron chi connectivity index (χ2n) is 6.51. The molecule has 3 aromatic rings. The molecule has 0 unspecified atom stereocenters. The van der Waals surface area contributed by atoms with E-state index < -0.39 is 12.1 Å². The SMILES string of the molecule is Cc1c(O[C@H](C(=O)O)c2ccccc2)ccc2c3c(c(=O)oc12)CCC3. The van der Waals surface area contributed by atoms with Gasteiger partial charge in [-0.25, -0.2) is 9.59 Å². The topological polar surface area (TPSA) is 76.7 Å². The number of rotatable bonds is 4. The van der Waals surface area contributed by atoms with Crippen molar-refractivity contribution in [2.75, 3.05) is 0 Å². The molecule has 0 bridgehead atoms. The van der Waals surface area contributed by atoms with Crippen LogP contribution in [0.25, 0.3) is 11.0 Å². The summed E-state index contributed by atoms with van der Waals surface area (Å²) in [7, 11) is 0. The summed E-state index contributed by atoms with van der Waals surface area (Å²) >= 11 is 0. The molecule has 0 fully saturated rings. The Bertz CT molecular complexity index is 1050. The lowest BCUT2D eigenvalue weighted by Gasteiger charge is -2.18. The van der Waals surface area contributed by atoms with Crippen molar-refractivity contribution in [2.24, 2.45) is 0 Å². The van der Waals surface area contributed by atoms with Gasteiger partial charge in [-0.15, -0.1) is 0 Å². The summed E-state index contributed by atoms with van der Waals surface area (Å²) in [6.45, 7) is 1.78. The average Bonchev–Trinajstić information content (AvgIpc) is 3.13. The maximum Gasteiger partial charge on any atom is 0.349 e. The number of hydrogen-bond donors (Lipinski definition) is 1. The first kappa shape index (κ1) is 16.4. The van der Waals surface area contributed by atoms with Crippen LogP contribution in [-0.2, 0) is 17.6 Å². The van der Waals surface area contributed by atoms with E-state index >= 15 is 0 Å². The van der Waals surface area contributed by atoms with Crippen molar-refractivity contribution in [3.8, 4) is 5.75 Å². The molecule has 1 aromatic heterocycles. The lowest BCUT2D eigenvalue weighted by atomic mass is 10.0. The van der Waals surface area contributed by atoms with Crippen molar-refractivity contribution in [1.82, 2.24) is 0 Å². The Hall–Kier alpha value is -3.08. The maximum absolute atomic E-state index is 12.2. The number of aliphatic carboxylic acids is 1. The number of ether oxygens (including phenoxy) is 1. The normalized spacial score (nSPS) is 14.2. The van der Waals surface area contributed by atoms with E-state index in [0.717, 1.165) is 35.8 Å². The highest BCUT2D eigenvalue weighted by molar-refractivity contribution is 5.86. The molecule has 1 N–H and O–H groups in total. The Morgan fingerprint density at radius 2 is 1.85 bits per heavy atom. The molecule has 0 saturated heterocycles. The zero-order valence-electron chi connectivity index (χ0n) is 14.3. The van der Waals surface area contributed by atoms with Gasteiger partial charge in [0.1, 0.15) is 11.3 Å². The van der Waals surface area contributed by atoms with Crippen LogP contribution in [0, 0.1) is 6.92 Å². The molecule has 4 rings (SSSR count). The summed E-state index contributed by atoms with van der Waals surface area (Å²) in [5.74, 6) is -0.680. The van der Waals surface area contributed by atoms with E-state index in [-0.39, 0.29) is 5.63 Å². The Labute approximate surface area is 149 Å². The van der Waals surface area contributed by atoms with E-state index in [9.17, 15) is 14.7 Å². The molecule has 1 aliphatic carbocycles. The van der Waals surface area contributed by atoms with Crippen LogP contribution in [-0.4, -0.2) is 11.1 Å². The first-order valence-electron chi connectivity index (χ1n) is 8.59. The van der Waals surface area contributed by atoms with Crippen molar-refractivity contribution in [2.45, 2.75) is 32.3 Å². The molecule has 132 valence electrons. The molecule has 5 heteroatoms. The minimum absolute atomic E-state index is 0.303. The Morgan fingerprint density at radius 1 is 1.12 bits per heavy atom. The van der Waals surface area contributed by atoms with Crippen LogP contribution in [0.5, 0.6) is 5.75 Å². The molecule has 0 spiro atoms. The quantitative estimate of drug-likeness (QED) is 0.724. The summed E-state index contributed by atoms with van der Waals surface area (Å²) < 4.78 is 11.3. The molecule has 0 radical (unpaired) electrons. The molecule has 1 atom stereocenters. The third-order valence-corrected chi connectivity index (χ3v) is 4.91. The van der Waals surface area contributed by atoms with Crippen LogP contribution in [0.4, 0.5) is 0 Å². The van der Waals surface area contributed by atoms with Crippen LogP contribution in [0.3, 0.4) is 0 Å². The van der Waals surface area contributed by atoms with Gasteiger partial charge in [-0.05, 0) is 43.9 Å². The first-order valence-corrected chi connectivity index (χ1v) is 8.59. The zero-order chi connectivity index (χ0) is 18.3. The number of aryl methyl sites for hydroxylation is 2. The van der Waals surface area contributed by atoms with E-state index in [1.165, 1.54) is 0 Å². The summed E-state index contributed by atoms with van der Waals surface area (Å²) in [5, 5.41) is 10.5. The number of carboxylic acids is 1. The van der Waals surface area contributed by atoms with Crippen molar-refractivity contribution >= 4 is 16.9 Å². The highest BCUT2D eigenvalue weighted by atomic mass is 16.5. The van der Waals surface area contributed by atoms with E-state index in [4.69, 9.17) is 9.15 Å². The summed E-state index contributed by atoms with van der Waals surface area (Å²) in [6.07, 6.45) is 1.43. The van der Waals surface area contributed by atoms with Crippen molar-refractivity contribution in [1.29, 1.82) is 0 Å². The summed E-state index contributed by atoms with van der Waals surface area (Å²) in [5.41, 5.74) is 3.17. The largest absolute Gasteiger partial charge is 0.478 e. The van der Waals surface area contributed by atoms with Crippen molar-refractivity contribution in [3.63, 3.8) is 0 Å². The van der Waals surface area contributed by atoms with Gasteiger partial charge in [0.05, 0.1) is 0 Å². The van der Waals surface area contributed by atoms with Crippen LogP contribution in [0.2, 0.25) is 0 Å². The Kier molecular flexibility index (Phi) is 3.99. The van der Waals surface area contributed by atoms with Gasteiger partial charge in [0, 0.05) is 22.1 Å². The lowest BCUT2D eigenvalue weighted by molar-refractivity contribution is -0.145. The minimum atomic E-state index is -1.13. The van der Waals surface area contributed by atoms with Crippen molar-refractivity contribution in [3.05, 3.63) is 75.1 Å². The van der Waals surface area contributed by atoms with Gasteiger partial charge in [0.15, 0.2) is 0 Å². The molecule has 1 heterocycles. The third kappa shape index (κ3) is 2.65. The van der Waals surface area contributed by atoms with Gasteiger partial charge in [0.2, 0.25) is 6.10 Å². The fourth-order valence-corrected chi connectivity index (χ4v) is 3.61. The smallest absolute Gasteiger partial charge is 0.349 e. The van der Waals surface area contributed by atoms with Gasteiger partial charge >= 0.3 is 11.6 Å². The highest BCUT2D eigenvalue weighted by Gasteiger charge is 2.25. The first-order chi connectivity index (χ1) is 12.6. The number of benzene rings is 2. The molecule has 2 aromatic carbocycles. The second kappa shape index (κ2) is 6.33. The van der Waals surface area contributed by atoms with Gasteiger partial charge in [-0.3, -0.25) is 0 Å². The van der Waals surface area contributed by atoms with Crippen LogP contribution in [0.15, 0.2) is 51.7 Å². The maximum atomic E-state index is 12.2. The molecule has 5 nitrogen and oxygen atoms in total. The zero-order valence-corrected chi connectivity index (χ0v) is 14.3. The monoisotopic (exact) mass is 350 g/mol. The van der Waals surface area contributed by atoms with Crippen molar-refractivity contribution < 1.29 is 19.1 Å². The number of fused-ring (bicyclic) bond motifs is 3. The lowest BCUT2D eigenvalue weighted by Crippen LogP contribution is -2.18. The average molecular weight is 350 g/mol. The predicted molar refractivity (Wildman–Crippen MR) is 96.7 cm³/mol. The fourth-order valence-electron chi connectivity index (χ4n) is 3.61. The molecule has 1 aliphatic rings. The standard InChI is InChI=1S/C21H18O5/c1-12-17(25-19(20(22)23)13-6-3-2-4-7-13)11-10-15-14-8-5-9-16(14)21(24)26-18(12)15/h2-4,6-7,10-11,19H,5,8-9H2,1H3,(H,22,23)/t19-/m0/s1. The molecular weight excluding hydrogens is 332 g/mol. The van der Waals surface area contributed by atoms with E-state index in [1.54, 1.807) is 37.3 Å². The predicted octanol–water partition coefficient (Wildman–Crippen LogP) is 3.79. The second-order valence-corrected chi connectivity index (χ2v) is 6.51. The van der Waals surface area contributed by atoms with E-state index in [0.29, 0.717) is 22.5 Å². The molecule has 0 saturated carbocycles.